The molecule has 0 bridgehead atoms. The zero-order valence-corrected chi connectivity index (χ0v) is 14.7. The third-order valence-corrected chi connectivity index (χ3v) is 3.69. The molecule has 0 heterocycles. The van der Waals surface area contributed by atoms with Crippen LogP contribution < -0.4 is 4.89 Å². The second-order valence-corrected chi connectivity index (χ2v) is 6.93. The van der Waals surface area contributed by atoms with E-state index in [1.54, 1.807) is 30.3 Å². The van der Waals surface area contributed by atoms with E-state index >= 15 is 0 Å². The highest BCUT2D eigenvalue weighted by molar-refractivity contribution is 7.90. The van der Waals surface area contributed by atoms with Crippen LogP contribution in [0.25, 0.3) is 0 Å². The van der Waals surface area contributed by atoms with Crippen molar-refractivity contribution in [2.45, 2.75) is 4.90 Å². The third kappa shape index (κ3) is 10.6. The maximum atomic E-state index is 10.9. The minimum absolute atomic E-state index is 0.326. The van der Waals surface area contributed by atoms with Gasteiger partial charge in [0.15, 0.2) is 9.84 Å². The first-order valence-electron chi connectivity index (χ1n) is 6.24. The molecule has 0 spiro atoms. The second-order valence-electron chi connectivity index (χ2n) is 4.22. The highest BCUT2D eigenvalue weighted by Gasteiger charge is 2.09. The molecule has 0 aromatic heterocycles. The summed E-state index contributed by atoms with van der Waals surface area (Å²) < 4.78 is 46.3. The summed E-state index contributed by atoms with van der Waals surface area (Å²) in [6, 6.07) is 8.35. The Morgan fingerprint density at radius 2 is 1.83 bits per heavy atom. The average Bonchev–Trinajstić information content (AvgIpc) is 2.50. The van der Waals surface area contributed by atoms with Crippen LogP contribution in [-0.4, -0.2) is 61.4 Å². The summed E-state index contributed by atoms with van der Waals surface area (Å²) in [5, 5.41) is 0. The summed E-state index contributed by atoms with van der Waals surface area (Å²) in [7, 11) is -2.97. The van der Waals surface area contributed by atoms with Gasteiger partial charge in [-0.05, 0) is 17.0 Å². The number of sulfone groups is 1. The highest BCUT2D eigenvalue weighted by atomic mass is 32.2. The topological polar surface area (TPSA) is 119 Å². The Morgan fingerprint density at radius 1 is 1.26 bits per heavy atom. The van der Waals surface area contributed by atoms with Crippen molar-refractivity contribution >= 4 is 26.8 Å². The molecule has 0 saturated carbocycles. The van der Waals surface area contributed by atoms with Gasteiger partial charge in [-0.3, -0.25) is 0 Å². The van der Waals surface area contributed by atoms with Gasteiger partial charge in [-0.25, -0.2) is 21.6 Å². The van der Waals surface area contributed by atoms with Crippen LogP contribution in [-0.2, 0) is 30.3 Å². The number of likely N-dealkylation sites (N-methyl/N-ethyl adjacent to an activating group) is 1. The van der Waals surface area contributed by atoms with E-state index in [4.69, 9.17) is 4.74 Å². The van der Waals surface area contributed by atoms with Crippen molar-refractivity contribution in [1.82, 2.24) is 9.79 Å². The molecule has 0 unspecified atom stereocenters. The van der Waals surface area contributed by atoms with Crippen molar-refractivity contribution in [2.24, 2.45) is 0 Å². The fourth-order valence-electron chi connectivity index (χ4n) is 1.14. The van der Waals surface area contributed by atoms with E-state index < -0.39 is 26.8 Å². The lowest BCUT2D eigenvalue weighted by atomic mass is 10.4. The molecule has 9 nitrogen and oxygen atoms in total. The first kappa shape index (κ1) is 21.3. The number of rotatable bonds is 6. The molecule has 1 N–H and O–H groups in total. The smallest absolute Gasteiger partial charge is 0.383 e. The van der Waals surface area contributed by atoms with Crippen LogP contribution >= 0.6 is 0 Å². The van der Waals surface area contributed by atoms with Crippen LogP contribution in [0.2, 0.25) is 0 Å². The van der Waals surface area contributed by atoms with Crippen molar-refractivity contribution < 1.29 is 31.2 Å². The van der Waals surface area contributed by atoms with Crippen LogP contribution in [0.4, 0.5) is 4.79 Å². The number of hydrogen-bond donors (Lipinski definition) is 2. The molecule has 0 aliphatic carbocycles. The van der Waals surface area contributed by atoms with Crippen LogP contribution in [0, 0.1) is 0 Å². The molecular formula is C12H20N2O7S2. The number of amides is 1. The number of carbonyl (C=O) groups is 1. The van der Waals surface area contributed by atoms with E-state index in [1.165, 1.54) is 30.2 Å². The van der Waals surface area contributed by atoms with Crippen molar-refractivity contribution in [3.05, 3.63) is 30.3 Å². The lowest BCUT2D eigenvalue weighted by Gasteiger charge is -2.14. The van der Waals surface area contributed by atoms with Crippen LogP contribution in [0.15, 0.2) is 35.2 Å². The molecule has 0 radical (unpaired) electrons. The first-order chi connectivity index (χ1) is 10.7. The molecule has 132 valence electrons. The number of nitrogens with one attached hydrogen (secondary N) is 1. The lowest BCUT2D eigenvalue weighted by molar-refractivity contribution is 0.0819. The zero-order chi connectivity index (χ0) is 17.9. The molecule has 1 aromatic rings. The van der Waals surface area contributed by atoms with Crippen LogP contribution in [0.1, 0.15) is 0 Å². The van der Waals surface area contributed by atoms with E-state index in [0.29, 0.717) is 18.0 Å². The SMILES string of the molecule is COCCN(C)C(=O)ON[SH](=O)=O.CS(=O)(=O)c1ccccc1. The molecule has 1 aromatic carbocycles. The maximum Gasteiger partial charge on any atom is 0.429 e. The predicted molar refractivity (Wildman–Crippen MR) is 84.0 cm³/mol. The van der Waals surface area contributed by atoms with Gasteiger partial charge in [-0.1, -0.05) is 18.2 Å². The van der Waals surface area contributed by atoms with E-state index in [9.17, 15) is 21.6 Å². The Morgan fingerprint density at radius 3 is 2.22 bits per heavy atom. The lowest BCUT2D eigenvalue weighted by Crippen LogP contribution is -2.33. The fourth-order valence-corrected chi connectivity index (χ4v) is 1.95. The van der Waals surface area contributed by atoms with E-state index in [0.717, 1.165) is 0 Å². The van der Waals surface area contributed by atoms with Crippen molar-refractivity contribution in [2.75, 3.05) is 33.6 Å². The Balaban J connectivity index is 0.000000433. The molecule has 0 fully saturated rings. The second kappa shape index (κ2) is 10.9. The summed E-state index contributed by atoms with van der Waals surface area (Å²) in [6.45, 7) is 0.682. The van der Waals surface area contributed by atoms with Gasteiger partial charge in [0.1, 0.15) is 0 Å². The van der Waals surface area contributed by atoms with Gasteiger partial charge in [0, 0.05) is 27.0 Å². The minimum Gasteiger partial charge on any atom is -0.383 e. The summed E-state index contributed by atoms with van der Waals surface area (Å²) in [6.07, 6.45) is 0.416. The largest absolute Gasteiger partial charge is 0.429 e. The molecular weight excluding hydrogens is 348 g/mol. The number of ether oxygens (including phenoxy) is 1. The first-order valence-corrected chi connectivity index (χ1v) is 9.31. The van der Waals surface area contributed by atoms with E-state index in [2.05, 4.69) is 4.84 Å². The van der Waals surface area contributed by atoms with Crippen molar-refractivity contribution in [1.29, 1.82) is 0 Å². The minimum atomic E-state index is -3.00. The molecule has 23 heavy (non-hydrogen) atoms. The third-order valence-electron chi connectivity index (χ3n) is 2.32. The fraction of sp³-hybridized carbons (Fsp3) is 0.417. The Hall–Kier alpha value is -1.69. The summed E-state index contributed by atoms with van der Waals surface area (Å²) in [4.78, 5) is 18.1. The van der Waals surface area contributed by atoms with Gasteiger partial charge < -0.3 is 14.5 Å². The molecule has 1 amide bonds. The standard InChI is InChI=1S/C7H8O2S.C5H12N2O5S/c1-10(8,9)7-5-3-2-4-6-7;1-7(3-4-11-2)5(8)12-6-13(9)10/h2-6H,1H3;13H,3-4H2,1-2H3,(H,6,9,10). The summed E-state index contributed by atoms with van der Waals surface area (Å²) >= 11 is 0. The molecule has 0 saturated heterocycles. The molecule has 11 heteroatoms. The Kier molecular flexibility index (Phi) is 10.1. The van der Waals surface area contributed by atoms with E-state index in [1.807, 2.05) is 0 Å². The molecule has 0 atom stereocenters. The number of hydrogen-bond acceptors (Lipinski definition) is 7. The van der Waals surface area contributed by atoms with Gasteiger partial charge in [-0.15, -0.1) is 0 Å². The van der Waals surface area contributed by atoms with Crippen molar-refractivity contribution in [3.63, 3.8) is 0 Å². The van der Waals surface area contributed by atoms with Crippen molar-refractivity contribution in [3.8, 4) is 0 Å². The number of carbonyl (C=O) groups excluding carboxylic acids is 1. The number of benzene rings is 1. The predicted octanol–water partition coefficient (Wildman–Crippen LogP) is -0.178. The van der Waals surface area contributed by atoms with Crippen LogP contribution in [0.5, 0.6) is 0 Å². The van der Waals surface area contributed by atoms with Gasteiger partial charge >= 0.3 is 6.09 Å². The number of methoxy groups -OCH3 is 1. The molecule has 0 aliphatic heterocycles. The molecule has 0 aliphatic rings. The van der Waals surface area contributed by atoms with Gasteiger partial charge in [0.25, 0.3) is 0 Å². The monoisotopic (exact) mass is 368 g/mol. The number of nitrogens with zero attached hydrogens (tertiary/aromatic N) is 1. The quantitative estimate of drug-likeness (QED) is 0.528. The highest BCUT2D eigenvalue weighted by Crippen LogP contribution is 2.05. The summed E-state index contributed by atoms with van der Waals surface area (Å²) in [5.74, 6) is 0. The average molecular weight is 368 g/mol. The van der Waals surface area contributed by atoms with Crippen LogP contribution in [0.3, 0.4) is 0 Å². The maximum absolute atomic E-state index is 10.9. The Bertz CT molecular complexity index is 637. The normalized spacial score (nSPS) is 10.6. The van der Waals surface area contributed by atoms with Gasteiger partial charge in [-0.2, -0.15) is 0 Å². The van der Waals surface area contributed by atoms with Gasteiger partial charge in [0.05, 0.1) is 11.5 Å². The zero-order valence-electron chi connectivity index (χ0n) is 13.0. The summed E-state index contributed by atoms with van der Waals surface area (Å²) in [5.41, 5.74) is 0. The number of thiol groups is 1. The molecule has 1 rings (SSSR count). The Labute approximate surface area is 137 Å². The van der Waals surface area contributed by atoms with E-state index in [-0.39, 0.29) is 0 Å². The van der Waals surface area contributed by atoms with Gasteiger partial charge in [0.2, 0.25) is 10.9 Å².